The zero-order valence-corrected chi connectivity index (χ0v) is 12.8. The summed E-state index contributed by atoms with van der Waals surface area (Å²) < 4.78 is 0. The summed E-state index contributed by atoms with van der Waals surface area (Å²) in [5, 5.41) is 9.23. The number of thiophene rings is 1. The van der Waals surface area contributed by atoms with E-state index in [1.807, 2.05) is 22.7 Å². The number of hydrogen-bond donors (Lipinski definition) is 1. The van der Waals surface area contributed by atoms with Crippen molar-refractivity contribution in [3.05, 3.63) is 17.1 Å². The molecule has 0 aliphatic carbocycles. The van der Waals surface area contributed by atoms with Crippen LogP contribution in [-0.2, 0) is 0 Å². The molecule has 0 saturated carbocycles. The molecule has 1 saturated heterocycles. The quantitative estimate of drug-likeness (QED) is 0.921. The summed E-state index contributed by atoms with van der Waals surface area (Å²) in [4.78, 5) is 15.9. The van der Waals surface area contributed by atoms with E-state index < -0.39 is 0 Å². The number of hydrogen-bond acceptors (Lipinski definition) is 6. The molecule has 2 aromatic rings. The first-order chi connectivity index (χ1) is 9.70. The van der Waals surface area contributed by atoms with Gasteiger partial charge in [0.15, 0.2) is 0 Å². The fraction of sp³-hybridized carbons (Fsp3) is 0.462. The topological polar surface area (TPSA) is 72.1 Å². The van der Waals surface area contributed by atoms with Gasteiger partial charge in [-0.2, -0.15) is 16.9 Å². The minimum absolute atomic E-state index is 0.0317. The van der Waals surface area contributed by atoms with Crippen molar-refractivity contribution in [2.24, 2.45) is 0 Å². The molecule has 106 valence electrons. The molecule has 1 unspecified atom stereocenters. The number of fused-ring (bicyclic) bond motifs is 1. The summed E-state index contributed by atoms with van der Waals surface area (Å²) in [6.45, 7) is 3.76. The molecule has 0 spiro atoms. The molecular formula is C13H16N4OS2. The lowest BCUT2D eigenvalue weighted by atomic mass is 10.2. The van der Waals surface area contributed by atoms with Crippen molar-refractivity contribution in [3.8, 4) is 0 Å². The first-order valence-electron chi connectivity index (χ1n) is 6.61. The average molecular weight is 308 g/mol. The third-order valence-corrected chi connectivity index (χ3v) is 5.96. The van der Waals surface area contributed by atoms with Gasteiger partial charge in [-0.05, 0) is 12.5 Å². The third kappa shape index (κ3) is 2.35. The van der Waals surface area contributed by atoms with E-state index in [9.17, 15) is 4.79 Å². The second-order valence-electron chi connectivity index (χ2n) is 4.75. The molecule has 20 heavy (non-hydrogen) atoms. The van der Waals surface area contributed by atoms with Gasteiger partial charge < -0.3 is 10.6 Å². The number of aromatic nitrogens is 2. The Labute approximate surface area is 125 Å². The van der Waals surface area contributed by atoms with E-state index in [0.717, 1.165) is 35.5 Å². The summed E-state index contributed by atoms with van der Waals surface area (Å²) in [7, 11) is 0. The lowest BCUT2D eigenvalue weighted by Crippen LogP contribution is -2.41. The van der Waals surface area contributed by atoms with Crippen LogP contribution >= 0.6 is 23.1 Å². The van der Waals surface area contributed by atoms with E-state index in [1.165, 1.54) is 11.3 Å². The maximum Gasteiger partial charge on any atom is 0.266 e. The molecule has 1 atom stereocenters. The molecule has 1 fully saturated rings. The molecule has 3 rings (SSSR count). The highest BCUT2D eigenvalue weighted by Gasteiger charge is 2.27. The first kappa shape index (κ1) is 13.6. The number of carbonyl (C=O) groups excluding carboxylic acids is 1. The normalized spacial score (nSPS) is 19.4. The molecule has 0 bridgehead atoms. The van der Waals surface area contributed by atoms with Crippen LogP contribution in [0.1, 0.15) is 23.0 Å². The van der Waals surface area contributed by atoms with E-state index in [0.29, 0.717) is 15.8 Å². The van der Waals surface area contributed by atoms with Gasteiger partial charge in [0.05, 0.1) is 11.9 Å². The molecule has 0 radical (unpaired) electrons. The third-order valence-electron chi connectivity index (χ3n) is 3.50. The molecule has 5 nitrogen and oxygen atoms in total. The van der Waals surface area contributed by atoms with Crippen LogP contribution in [0.4, 0.5) is 5.69 Å². The Hall–Kier alpha value is -1.34. The van der Waals surface area contributed by atoms with Crippen LogP contribution < -0.4 is 5.73 Å². The van der Waals surface area contributed by atoms with Crippen LogP contribution in [0.5, 0.6) is 0 Å². The number of anilines is 1. The molecule has 0 aromatic carbocycles. The fourth-order valence-corrected chi connectivity index (χ4v) is 4.51. The Kier molecular flexibility index (Phi) is 3.80. The highest BCUT2D eigenvalue weighted by molar-refractivity contribution is 8.00. The molecular weight excluding hydrogens is 292 g/mol. The number of nitrogens with zero attached hydrogens (tertiary/aromatic N) is 3. The number of rotatable bonds is 2. The van der Waals surface area contributed by atoms with E-state index in [-0.39, 0.29) is 5.91 Å². The van der Waals surface area contributed by atoms with Crippen molar-refractivity contribution in [1.82, 2.24) is 15.1 Å². The Morgan fingerprint density at radius 1 is 1.60 bits per heavy atom. The zero-order chi connectivity index (χ0) is 14.1. The van der Waals surface area contributed by atoms with Crippen molar-refractivity contribution >= 4 is 44.9 Å². The van der Waals surface area contributed by atoms with E-state index >= 15 is 0 Å². The highest BCUT2D eigenvalue weighted by atomic mass is 32.2. The van der Waals surface area contributed by atoms with Gasteiger partial charge in [-0.25, -0.2) is 0 Å². The Morgan fingerprint density at radius 3 is 3.20 bits per heavy atom. The summed E-state index contributed by atoms with van der Waals surface area (Å²) in [5.41, 5.74) is 6.64. The lowest BCUT2D eigenvalue weighted by molar-refractivity contribution is 0.0767. The average Bonchev–Trinajstić information content (AvgIpc) is 2.84. The highest BCUT2D eigenvalue weighted by Crippen LogP contribution is 2.33. The van der Waals surface area contributed by atoms with Crippen molar-refractivity contribution < 1.29 is 4.79 Å². The van der Waals surface area contributed by atoms with Gasteiger partial charge in [0.1, 0.15) is 9.71 Å². The van der Waals surface area contributed by atoms with Crippen LogP contribution in [-0.4, -0.2) is 45.1 Å². The molecule has 1 aliphatic heterocycles. The Bertz CT molecular complexity index is 642. The maximum atomic E-state index is 12.7. The van der Waals surface area contributed by atoms with Crippen molar-refractivity contribution in [2.45, 2.75) is 18.6 Å². The Morgan fingerprint density at radius 2 is 2.45 bits per heavy atom. The standard InChI is InChI=1S/C13H16N4OS2/c1-2-8-7-17(5-6-19-8)13(18)11-10(14)9-3-4-15-16-12(9)20-11/h3-4,8H,2,5-7,14H2,1H3. The molecule has 2 N–H and O–H groups in total. The van der Waals surface area contributed by atoms with Gasteiger partial charge in [0, 0.05) is 29.5 Å². The van der Waals surface area contributed by atoms with Gasteiger partial charge in [-0.1, -0.05) is 6.92 Å². The number of nitrogens with two attached hydrogens (primary N) is 1. The minimum atomic E-state index is 0.0317. The summed E-state index contributed by atoms with van der Waals surface area (Å²) in [6, 6.07) is 1.81. The molecule has 1 aliphatic rings. The molecule has 7 heteroatoms. The van der Waals surface area contributed by atoms with Gasteiger partial charge in [-0.3, -0.25) is 4.79 Å². The van der Waals surface area contributed by atoms with Crippen LogP contribution in [0.2, 0.25) is 0 Å². The minimum Gasteiger partial charge on any atom is -0.397 e. The van der Waals surface area contributed by atoms with Crippen LogP contribution in [0.15, 0.2) is 12.3 Å². The van der Waals surface area contributed by atoms with Gasteiger partial charge >= 0.3 is 0 Å². The van der Waals surface area contributed by atoms with E-state index in [1.54, 1.807) is 6.20 Å². The summed E-state index contributed by atoms with van der Waals surface area (Å²) in [5.74, 6) is 1.03. The largest absolute Gasteiger partial charge is 0.397 e. The maximum absolute atomic E-state index is 12.7. The number of thioether (sulfide) groups is 1. The van der Waals surface area contributed by atoms with E-state index in [2.05, 4.69) is 17.1 Å². The van der Waals surface area contributed by atoms with Crippen molar-refractivity contribution in [3.63, 3.8) is 0 Å². The zero-order valence-electron chi connectivity index (χ0n) is 11.2. The van der Waals surface area contributed by atoms with Crippen molar-refractivity contribution in [1.29, 1.82) is 0 Å². The Balaban J connectivity index is 1.90. The van der Waals surface area contributed by atoms with Crippen LogP contribution in [0, 0.1) is 0 Å². The monoisotopic (exact) mass is 308 g/mol. The second kappa shape index (κ2) is 5.57. The SMILES string of the molecule is CCC1CN(C(=O)c2sc3nnccc3c2N)CCS1. The number of nitrogen functional groups attached to an aromatic ring is 1. The van der Waals surface area contributed by atoms with E-state index in [4.69, 9.17) is 5.73 Å². The first-order valence-corrected chi connectivity index (χ1v) is 8.47. The smallest absolute Gasteiger partial charge is 0.266 e. The summed E-state index contributed by atoms with van der Waals surface area (Å²) in [6.07, 6.45) is 2.69. The van der Waals surface area contributed by atoms with Gasteiger partial charge in [0.25, 0.3) is 5.91 Å². The second-order valence-corrected chi connectivity index (χ2v) is 7.15. The van der Waals surface area contributed by atoms with Crippen LogP contribution in [0.3, 0.4) is 0 Å². The predicted molar refractivity (Wildman–Crippen MR) is 84.3 cm³/mol. The summed E-state index contributed by atoms with van der Waals surface area (Å²) >= 11 is 3.28. The number of amides is 1. The van der Waals surface area contributed by atoms with Crippen LogP contribution in [0.25, 0.3) is 10.2 Å². The lowest BCUT2D eigenvalue weighted by Gasteiger charge is -2.31. The predicted octanol–water partition coefficient (Wildman–Crippen LogP) is 2.24. The molecule has 1 amide bonds. The molecule has 2 aromatic heterocycles. The fourth-order valence-electron chi connectivity index (χ4n) is 2.33. The van der Waals surface area contributed by atoms with Crippen molar-refractivity contribution in [2.75, 3.05) is 24.6 Å². The number of carbonyl (C=O) groups is 1. The van der Waals surface area contributed by atoms with Gasteiger partial charge in [-0.15, -0.1) is 16.4 Å². The van der Waals surface area contributed by atoms with Gasteiger partial charge in [0.2, 0.25) is 0 Å². The molecule has 3 heterocycles.